The summed E-state index contributed by atoms with van der Waals surface area (Å²) in [4.78, 5) is 12.7. The second kappa shape index (κ2) is 6.96. The van der Waals surface area contributed by atoms with Crippen LogP contribution < -0.4 is 5.43 Å². The molecule has 26 heavy (non-hydrogen) atoms. The second-order valence-electron chi connectivity index (χ2n) is 6.61. The molecule has 1 atom stereocenters. The lowest BCUT2D eigenvalue weighted by Gasteiger charge is -2.18. The van der Waals surface area contributed by atoms with Gasteiger partial charge in [0.1, 0.15) is 0 Å². The normalized spacial score (nSPS) is 17.8. The van der Waals surface area contributed by atoms with Crippen molar-refractivity contribution >= 4 is 12.1 Å². The van der Waals surface area contributed by atoms with Gasteiger partial charge in [-0.15, -0.1) is 0 Å². The van der Waals surface area contributed by atoms with E-state index in [1.165, 1.54) is 11.1 Å². The Morgan fingerprint density at radius 1 is 0.846 bits per heavy atom. The second-order valence-corrected chi connectivity index (χ2v) is 6.61. The Kier molecular flexibility index (Phi) is 4.36. The highest BCUT2D eigenvalue weighted by molar-refractivity contribution is 5.87. The molecule has 128 valence electrons. The molecule has 0 radical (unpaired) electrons. The van der Waals surface area contributed by atoms with Crippen molar-refractivity contribution < 1.29 is 4.79 Å². The molecule has 0 spiro atoms. The van der Waals surface area contributed by atoms with Crippen LogP contribution in [0, 0.1) is 5.92 Å². The molecule has 1 saturated carbocycles. The summed E-state index contributed by atoms with van der Waals surface area (Å²) in [5, 5.41) is 4.13. The van der Waals surface area contributed by atoms with Gasteiger partial charge < -0.3 is 0 Å². The van der Waals surface area contributed by atoms with E-state index in [2.05, 4.69) is 34.8 Å². The van der Waals surface area contributed by atoms with E-state index in [0.29, 0.717) is 0 Å². The Balaban J connectivity index is 1.55. The average molecular weight is 340 g/mol. The van der Waals surface area contributed by atoms with E-state index in [1.807, 2.05) is 66.7 Å². The molecule has 3 aromatic carbocycles. The molecular weight excluding hydrogens is 320 g/mol. The van der Waals surface area contributed by atoms with Gasteiger partial charge in [0.2, 0.25) is 5.91 Å². The molecule has 0 heterocycles. The molecule has 3 nitrogen and oxygen atoms in total. The number of hydrogen-bond acceptors (Lipinski definition) is 2. The van der Waals surface area contributed by atoms with Gasteiger partial charge in [-0.3, -0.25) is 4.79 Å². The van der Waals surface area contributed by atoms with E-state index in [0.717, 1.165) is 12.0 Å². The standard InChI is InChI=1S/C23H20N2O/c26-22(25-24-17-18-10-4-1-5-11-18)21-16-23(21,19-12-6-2-7-13-19)20-14-8-3-9-15-20/h1-15,17,21H,16H2,(H,25,26)/b24-17-/t21-/m0/s1. The Morgan fingerprint density at radius 2 is 1.35 bits per heavy atom. The molecule has 0 aromatic heterocycles. The number of nitrogens with one attached hydrogen (secondary N) is 1. The number of hydrazone groups is 1. The number of carbonyl (C=O) groups excluding carboxylic acids is 1. The predicted molar refractivity (Wildman–Crippen MR) is 104 cm³/mol. The topological polar surface area (TPSA) is 41.5 Å². The van der Waals surface area contributed by atoms with E-state index in [1.54, 1.807) is 6.21 Å². The fraction of sp³-hybridized carbons (Fsp3) is 0.130. The van der Waals surface area contributed by atoms with Gasteiger partial charge in [-0.05, 0) is 23.1 Å². The van der Waals surface area contributed by atoms with E-state index in [-0.39, 0.29) is 17.2 Å². The largest absolute Gasteiger partial charge is 0.273 e. The van der Waals surface area contributed by atoms with Crippen molar-refractivity contribution in [2.75, 3.05) is 0 Å². The fourth-order valence-corrected chi connectivity index (χ4v) is 3.64. The molecule has 1 aliphatic carbocycles. The molecule has 1 aliphatic rings. The van der Waals surface area contributed by atoms with E-state index >= 15 is 0 Å². The number of nitrogens with zero attached hydrogens (tertiary/aromatic N) is 1. The maximum absolute atomic E-state index is 12.7. The number of hydrogen-bond donors (Lipinski definition) is 1. The Labute approximate surface area is 153 Å². The summed E-state index contributed by atoms with van der Waals surface area (Å²) in [5.74, 6) is -0.148. The zero-order valence-electron chi connectivity index (χ0n) is 14.4. The van der Waals surface area contributed by atoms with Crippen molar-refractivity contribution in [2.24, 2.45) is 11.0 Å². The molecule has 0 unspecified atom stereocenters. The van der Waals surface area contributed by atoms with Gasteiger partial charge in [0, 0.05) is 5.41 Å². The summed E-state index contributed by atoms with van der Waals surface area (Å²) in [6.07, 6.45) is 2.47. The maximum Gasteiger partial charge on any atom is 0.244 e. The first-order valence-corrected chi connectivity index (χ1v) is 8.80. The molecule has 0 saturated heterocycles. The molecular formula is C23H20N2O. The molecule has 0 bridgehead atoms. The van der Waals surface area contributed by atoms with Crippen LogP contribution in [0.5, 0.6) is 0 Å². The molecule has 1 amide bonds. The lowest BCUT2D eigenvalue weighted by Crippen LogP contribution is -2.25. The number of benzene rings is 3. The summed E-state index contributed by atoms with van der Waals surface area (Å²) in [7, 11) is 0. The van der Waals surface area contributed by atoms with E-state index in [9.17, 15) is 4.79 Å². The molecule has 3 heteroatoms. The number of rotatable bonds is 5. The summed E-state index contributed by atoms with van der Waals surface area (Å²) >= 11 is 0. The van der Waals surface area contributed by atoms with Crippen LogP contribution in [0.2, 0.25) is 0 Å². The SMILES string of the molecule is O=C(N/N=C\c1ccccc1)[C@@H]1CC1(c1ccccc1)c1ccccc1. The van der Waals surface area contributed by atoms with Crippen molar-refractivity contribution in [2.45, 2.75) is 11.8 Å². The van der Waals surface area contributed by atoms with Crippen LogP contribution in [-0.4, -0.2) is 12.1 Å². The maximum atomic E-state index is 12.7. The van der Waals surface area contributed by atoms with Crippen molar-refractivity contribution in [3.63, 3.8) is 0 Å². The van der Waals surface area contributed by atoms with Crippen molar-refractivity contribution in [3.05, 3.63) is 108 Å². The highest BCUT2D eigenvalue weighted by Crippen LogP contribution is 2.58. The van der Waals surface area contributed by atoms with E-state index in [4.69, 9.17) is 0 Å². The summed E-state index contributed by atoms with van der Waals surface area (Å²) in [5.41, 5.74) is 5.78. The van der Waals surface area contributed by atoms with Crippen LogP contribution in [0.25, 0.3) is 0 Å². The van der Waals surface area contributed by atoms with Crippen LogP contribution in [0.3, 0.4) is 0 Å². The van der Waals surface area contributed by atoms with Crippen LogP contribution in [0.1, 0.15) is 23.1 Å². The third-order valence-corrected chi connectivity index (χ3v) is 5.04. The van der Waals surface area contributed by atoms with Crippen molar-refractivity contribution in [3.8, 4) is 0 Å². The van der Waals surface area contributed by atoms with Gasteiger partial charge in [0.05, 0.1) is 12.1 Å². The zero-order valence-corrected chi connectivity index (χ0v) is 14.4. The minimum Gasteiger partial charge on any atom is -0.273 e. The molecule has 1 fully saturated rings. The van der Waals surface area contributed by atoms with Gasteiger partial charge in [-0.2, -0.15) is 5.10 Å². The van der Waals surface area contributed by atoms with Crippen LogP contribution in [0.4, 0.5) is 0 Å². The zero-order chi connectivity index (χ0) is 17.8. The van der Waals surface area contributed by atoms with Gasteiger partial charge in [0.25, 0.3) is 0 Å². The smallest absolute Gasteiger partial charge is 0.244 e. The first kappa shape index (κ1) is 16.3. The third kappa shape index (κ3) is 3.04. The van der Waals surface area contributed by atoms with Gasteiger partial charge in [-0.1, -0.05) is 91.0 Å². The highest BCUT2D eigenvalue weighted by Gasteiger charge is 2.60. The van der Waals surface area contributed by atoms with Crippen LogP contribution in [0.15, 0.2) is 96.1 Å². The molecule has 4 rings (SSSR count). The minimum atomic E-state index is -0.255. The van der Waals surface area contributed by atoms with Crippen molar-refractivity contribution in [1.82, 2.24) is 5.43 Å². The molecule has 3 aromatic rings. The number of carbonyl (C=O) groups is 1. The molecule has 1 N–H and O–H groups in total. The summed E-state index contributed by atoms with van der Waals surface area (Å²) in [6.45, 7) is 0. The predicted octanol–water partition coefficient (Wildman–Crippen LogP) is 4.14. The van der Waals surface area contributed by atoms with Crippen molar-refractivity contribution in [1.29, 1.82) is 0 Å². The molecule has 0 aliphatic heterocycles. The highest BCUT2D eigenvalue weighted by atomic mass is 16.2. The first-order chi connectivity index (χ1) is 12.8. The summed E-state index contributed by atoms with van der Waals surface area (Å²) in [6, 6.07) is 30.3. The average Bonchev–Trinajstić information content (AvgIpc) is 3.47. The monoisotopic (exact) mass is 340 g/mol. The van der Waals surface area contributed by atoms with Gasteiger partial charge in [-0.25, -0.2) is 5.43 Å². The third-order valence-electron chi connectivity index (χ3n) is 5.04. The van der Waals surface area contributed by atoms with Gasteiger partial charge in [0.15, 0.2) is 0 Å². The Bertz CT molecular complexity index is 865. The Hall–Kier alpha value is -3.20. The fourth-order valence-electron chi connectivity index (χ4n) is 3.64. The Morgan fingerprint density at radius 3 is 1.88 bits per heavy atom. The van der Waals surface area contributed by atoms with Crippen LogP contribution in [-0.2, 0) is 10.2 Å². The number of amides is 1. The van der Waals surface area contributed by atoms with Gasteiger partial charge >= 0.3 is 0 Å². The lowest BCUT2D eigenvalue weighted by atomic mass is 9.85. The summed E-state index contributed by atoms with van der Waals surface area (Å²) < 4.78 is 0. The van der Waals surface area contributed by atoms with E-state index < -0.39 is 0 Å². The quantitative estimate of drug-likeness (QED) is 0.550. The first-order valence-electron chi connectivity index (χ1n) is 8.80. The van der Waals surface area contributed by atoms with Crippen LogP contribution >= 0.6 is 0 Å². The lowest BCUT2D eigenvalue weighted by molar-refractivity contribution is -0.122. The minimum absolute atomic E-state index is 0.0371.